The van der Waals surface area contributed by atoms with E-state index < -0.39 is 0 Å². The zero-order valence-corrected chi connectivity index (χ0v) is 7.23. The summed E-state index contributed by atoms with van der Waals surface area (Å²) < 4.78 is 5.01. The molecule has 0 aromatic carbocycles. The number of carbonyl (C=O) groups excluding carboxylic acids is 1. The van der Waals surface area contributed by atoms with Crippen molar-refractivity contribution in [1.29, 1.82) is 0 Å². The van der Waals surface area contributed by atoms with Crippen molar-refractivity contribution in [2.45, 2.75) is 18.1 Å². The van der Waals surface area contributed by atoms with Crippen LogP contribution in [0.15, 0.2) is 0 Å². The third kappa shape index (κ3) is 1.97. The van der Waals surface area contributed by atoms with Gasteiger partial charge in [-0.2, -0.15) is 0 Å². The maximum absolute atomic E-state index is 11.2. The SMILES string of the molecule is O=C(CSC1COC1)C1CC1. The van der Waals surface area contributed by atoms with Crippen molar-refractivity contribution in [2.75, 3.05) is 19.0 Å². The molecule has 0 amide bonds. The lowest BCUT2D eigenvalue weighted by molar-refractivity contribution is -0.117. The Morgan fingerprint density at radius 1 is 1.45 bits per heavy atom. The molecular weight excluding hydrogens is 160 g/mol. The second-order valence-corrected chi connectivity index (χ2v) is 4.50. The summed E-state index contributed by atoms with van der Waals surface area (Å²) in [6, 6.07) is 0. The van der Waals surface area contributed by atoms with E-state index in [0.29, 0.717) is 17.0 Å². The Morgan fingerprint density at radius 3 is 2.64 bits per heavy atom. The third-order valence-electron chi connectivity index (χ3n) is 2.10. The predicted octanol–water partition coefficient (Wildman–Crippen LogP) is 1.10. The molecule has 62 valence electrons. The van der Waals surface area contributed by atoms with E-state index >= 15 is 0 Å². The van der Waals surface area contributed by atoms with Crippen LogP contribution in [-0.2, 0) is 9.53 Å². The van der Waals surface area contributed by atoms with Gasteiger partial charge in [-0.3, -0.25) is 4.79 Å². The normalized spacial score (nSPS) is 24.7. The quantitative estimate of drug-likeness (QED) is 0.635. The summed E-state index contributed by atoms with van der Waals surface area (Å²) >= 11 is 1.77. The lowest BCUT2D eigenvalue weighted by atomic mass is 10.3. The summed E-state index contributed by atoms with van der Waals surface area (Å²) in [7, 11) is 0. The fourth-order valence-corrected chi connectivity index (χ4v) is 2.05. The van der Waals surface area contributed by atoms with Gasteiger partial charge in [-0.25, -0.2) is 0 Å². The molecule has 0 atom stereocenters. The van der Waals surface area contributed by atoms with Gasteiger partial charge in [0.1, 0.15) is 5.78 Å². The summed E-state index contributed by atoms with van der Waals surface area (Å²) in [6.07, 6.45) is 2.28. The number of ketones is 1. The van der Waals surface area contributed by atoms with Crippen LogP contribution in [0.5, 0.6) is 0 Å². The molecule has 2 rings (SSSR count). The molecular formula is C8H12O2S. The number of rotatable bonds is 4. The minimum atomic E-state index is 0.434. The molecule has 1 aliphatic carbocycles. The van der Waals surface area contributed by atoms with Gasteiger partial charge < -0.3 is 4.74 Å². The molecule has 0 aromatic heterocycles. The van der Waals surface area contributed by atoms with Crippen LogP contribution in [0.4, 0.5) is 0 Å². The fourth-order valence-electron chi connectivity index (χ4n) is 1.03. The van der Waals surface area contributed by atoms with Gasteiger partial charge in [0.15, 0.2) is 0 Å². The van der Waals surface area contributed by atoms with E-state index in [0.717, 1.165) is 31.8 Å². The van der Waals surface area contributed by atoms with Crippen molar-refractivity contribution in [2.24, 2.45) is 5.92 Å². The Hall–Kier alpha value is -0.0200. The third-order valence-corrected chi connectivity index (χ3v) is 3.30. The minimum Gasteiger partial charge on any atom is -0.379 e. The molecule has 1 saturated heterocycles. The van der Waals surface area contributed by atoms with E-state index in [2.05, 4.69) is 0 Å². The lowest BCUT2D eigenvalue weighted by Crippen LogP contribution is -2.31. The lowest BCUT2D eigenvalue weighted by Gasteiger charge is -2.24. The largest absolute Gasteiger partial charge is 0.379 e. The molecule has 0 N–H and O–H groups in total. The van der Waals surface area contributed by atoms with E-state index in [-0.39, 0.29) is 0 Å². The van der Waals surface area contributed by atoms with Crippen molar-refractivity contribution in [3.63, 3.8) is 0 Å². The van der Waals surface area contributed by atoms with Crippen LogP contribution in [0.3, 0.4) is 0 Å². The van der Waals surface area contributed by atoms with E-state index in [4.69, 9.17) is 4.74 Å². The topological polar surface area (TPSA) is 26.3 Å². The average Bonchev–Trinajstić information content (AvgIpc) is 2.64. The number of Topliss-reactive ketones (excluding diaryl/α,β-unsaturated/α-hetero) is 1. The fraction of sp³-hybridized carbons (Fsp3) is 0.875. The van der Waals surface area contributed by atoms with Crippen molar-refractivity contribution in [3.05, 3.63) is 0 Å². The van der Waals surface area contributed by atoms with Gasteiger partial charge in [0, 0.05) is 5.92 Å². The molecule has 3 heteroatoms. The molecule has 1 aliphatic heterocycles. The molecule has 0 aromatic rings. The first-order valence-electron chi connectivity index (χ1n) is 4.08. The van der Waals surface area contributed by atoms with Gasteiger partial charge in [-0.15, -0.1) is 11.8 Å². The minimum absolute atomic E-state index is 0.434. The van der Waals surface area contributed by atoms with E-state index in [1.54, 1.807) is 11.8 Å². The number of ether oxygens (including phenoxy) is 1. The zero-order chi connectivity index (χ0) is 7.68. The zero-order valence-electron chi connectivity index (χ0n) is 6.41. The summed E-state index contributed by atoms with van der Waals surface area (Å²) in [4.78, 5) is 11.2. The van der Waals surface area contributed by atoms with Gasteiger partial charge in [0.05, 0.1) is 24.2 Å². The van der Waals surface area contributed by atoms with Crippen LogP contribution in [0.1, 0.15) is 12.8 Å². The highest BCUT2D eigenvalue weighted by atomic mass is 32.2. The standard InChI is InChI=1S/C8H12O2S/c9-8(6-1-2-6)5-11-7-3-10-4-7/h6-7H,1-5H2. The van der Waals surface area contributed by atoms with Gasteiger partial charge in [0.25, 0.3) is 0 Å². The highest BCUT2D eigenvalue weighted by Gasteiger charge is 2.30. The van der Waals surface area contributed by atoms with Crippen molar-refractivity contribution in [1.82, 2.24) is 0 Å². The molecule has 0 unspecified atom stereocenters. The molecule has 0 spiro atoms. The summed E-state index contributed by atoms with van der Waals surface area (Å²) in [5, 5.41) is 0.609. The number of hydrogen-bond acceptors (Lipinski definition) is 3. The van der Waals surface area contributed by atoms with Crippen LogP contribution < -0.4 is 0 Å². The van der Waals surface area contributed by atoms with Gasteiger partial charge >= 0.3 is 0 Å². The van der Waals surface area contributed by atoms with Crippen molar-refractivity contribution >= 4 is 17.5 Å². The van der Waals surface area contributed by atoms with Crippen LogP contribution >= 0.6 is 11.8 Å². The average molecular weight is 172 g/mol. The first kappa shape index (κ1) is 7.62. The Balaban J connectivity index is 1.60. The first-order chi connectivity index (χ1) is 5.36. The van der Waals surface area contributed by atoms with E-state index in [1.165, 1.54) is 0 Å². The molecule has 0 bridgehead atoms. The summed E-state index contributed by atoms with van der Waals surface area (Å²) in [5.41, 5.74) is 0. The van der Waals surface area contributed by atoms with Gasteiger partial charge in [-0.1, -0.05) is 0 Å². The van der Waals surface area contributed by atoms with Crippen LogP contribution in [0.25, 0.3) is 0 Å². The number of carbonyl (C=O) groups is 1. The monoisotopic (exact) mass is 172 g/mol. The van der Waals surface area contributed by atoms with Crippen molar-refractivity contribution < 1.29 is 9.53 Å². The highest BCUT2D eigenvalue weighted by Crippen LogP contribution is 2.32. The Kier molecular flexibility index (Phi) is 2.18. The summed E-state index contributed by atoms with van der Waals surface area (Å²) in [6.45, 7) is 1.70. The second kappa shape index (κ2) is 3.15. The van der Waals surface area contributed by atoms with E-state index in [9.17, 15) is 4.79 Å². The molecule has 2 nitrogen and oxygen atoms in total. The number of thioether (sulfide) groups is 1. The van der Waals surface area contributed by atoms with E-state index in [1.807, 2.05) is 0 Å². The molecule has 0 radical (unpaired) electrons. The Bertz CT molecular complexity index is 161. The Morgan fingerprint density at radius 2 is 2.18 bits per heavy atom. The molecule has 1 saturated carbocycles. The Labute approximate surface area is 70.7 Å². The molecule has 11 heavy (non-hydrogen) atoms. The summed E-state index contributed by atoms with van der Waals surface area (Å²) in [5.74, 6) is 1.61. The smallest absolute Gasteiger partial charge is 0.145 e. The second-order valence-electron chi connectivity index (χ2n) is 3.21. The van der Waals surface area contributed by atoms with Crippen molar-refractivity contribution in [3.8, 4) is 0 Å². The maximum Gasteiger partial charge on any atom is 0.145 e. The van der Waals surface area contributed by atoms with Crippen LogP contribution in [0, 0.1) is 5.92 Å². The highest BCUT2D eigenvalue weighted by molar-refractivity contribution is 8.00. The molecule has 2 fully saturated rings. The first-order valence-corrected chi connectivity index (χ1v) is 5.13. The number of hydrogen-bond donors (Lipinski definition) is 0. The molecule has 1 heterocycles. The maximum atomic E-state index is 11.2. The van der Waals surface area contributed by atoms with Crippen LogP contribution in [-0.4, -0.2) is 30.0 Å². The van der Waals surface area contributed by atoms with Gasteiger partial charge in [0.2, 0.25) is 0 Å². The molecule has 2 aliphatic rings. The van der Waals surface area contributed by atoms with Crippen LogP contribution in [0.2, 0.25) is 0 Å². The predicted molar refractivity (Wildman–Crippen MR) is 44.8 cm³/mol. The van der Waals surface area contributed by atoms with Gasteiger partial charge in [-0.05, 0) is 12.8 Å².